The van der Waals surface area contributed by atoms with Gasteiger partial charge in [-0.05, 0) is 18.2 Å². The Kier molecular flexibility index (Phi) is 6.80. The van der Waals surface area contributed by atoms with Gasteiger partial charge in [0.15, 0.2) is 0 Å². The average Bonchev–Trinajstić information content (AvgIpc) is 2.50. The van der Waals surface area contributed by atoms with Crippen molar-refractivity contribution in [2.45, 2.75) is 12.0 Å². The first-order chi connectivity index (χ1) is 9.99. The maximum atomic E-state index is 14.2. The summed E-state index contributed by atoms with van der Waals surface area (Å²) in [5.41, 5.74) is 0.0651. The molecule has 22 heavy (non-hydrogen) atoms. The average molecular weight is 339 g/mol. The first-order valence-corrected chi connectivity index (χ1v) is 6.80. The van der Waals surface area contributed by atoms with E-state index < -0.39 is 18.6 Å². The number of methoxy groups -OCH3 is 1. The summed E-state index contributed by atoms with van der Waals surface area (Å²) in [6.45, 7) is 0.720. The summed E-state index contributed by atoms with van der Waals surface area (Å²) in [6.07, 6.45) is 0. The molecule has 1 aromatic rings. The number of nitrogens with zero attached hydrogens (tertiary/aromatic N) is 1. The number of hydrogen-bond donors (Lipinski definition) is 3. The summed E-state index contributed by atoms with van der Waals surface area (Å²) < 4.78 is 33.5. The van der Waals surface area contributed by atoms with E-state index in [1.54, 1.807) is 4.90 Å². The van der Waals surface area contributed by atoms with E-state index in [-0.39, 0.29) is 23.7 Å². The van der Waals surface area contributed by atoms with Gasteiger partial charge in [0.1, 0.15) is 24.1 Å². The van der Waals surface area contributed by atoms with E-state index in [1.165, 1.54) is 25.3 Å². The normalized spacial score (nSPS) is 17.6. The monoisotopic (exact) mass is 338 g/mol. The molecule has 8 heteroatoms. The zero-order chi connectivity index (χ0) is 15.5. The molecule has 1 atom stereocenters. The summed E-state index contributed by atoms with van der Waals surface area (Å²) in [6, 6.07) is 2.84. The third-order valence-corrected chi connectivity index (χ3v) is 3.66. The fraction of sp³-hybridized carbons (Fsp3) is 0.571. The van der Waals surface area contributed by atoms with Crippen LogP contribution in [0.3, 0.4) is 0 Å². The molecule has 0 spiro atoms. The molecule has 1 saturated heterocycles. The Morgan fingerprint density at radius 2 is 2.00 bits per heavy atom. The maximum absolute atomic E-state index is 14.2. The zero-order valence-electron chi connectivity index (χ0n) is 12.3. The molecule has 126 valence electrons. The van der Waals surface area contributed by atoms with Gasteiger partial charge in [0, 0.05) is 31.7 Å². The van der Waals surface area contributed by atoms with Crippen LogP contribution in [-0.4, -0.2) is 60.9 Å². The van der Waals surface area contributed by atoms with Crippen LogP contribution in [0.2, 0.25) is 0 Å². The highest BCUT2D eigenvalue weighted by atomic mass is 35.5. The largest absolute Gasteiger partial charge is 0.508 e. The number of aromatic hydroxyl groups is 1. The second kappa shape index (κ2) is 7.92. The van der Waals surface area contributed by atoms with E-state index in [0.29, 0.717) is 31.9 Å². The smallest absolute Gasteiger partial charge is 0.290 e. The third-order valence-electron chi connectivity index (χ3n) is 3.66. The van der Waals surface area contributed by atoms with Crippen LogP contribution in [0.15, 0.2) is 18.2 Å². The summed E-state index contributed by atoms with van der Waals surface area (Å²) in [5.74, 6) is -3.20. The zero-order valence-corrected chi connectivity index (χ0v) is 13.1. The van der Waals surface area contributed by atoms with Gasteiger partial charge >= 0.3 is 0 Å². The molecule has 2 rings (SSSR count). The molecule has 0 unspecified atom stereocenters. The number of rotatable bonds is 5. The van der Waals surface area contributed by atoms with Gasteiger partial charge < -0.3 is 20.3 Å². The van der Waals surface area contributed by atoms with Crippen LogP contribution in [0.25, 0.3) is 0 Å². The minimum atomic E-state index is -3.36. The molecule has 0 aromatic heterocycles. The molecule has 1 fully saturated rings. The number of ether oxygens (including phenoxy) is 1. The van der Waals surface area contributed by atoms with Gasteiger partial charge in [0.25, 0.3) is 5.92 Å². The van der Waals surface area contributed by atoms with Gasteiger partial charge in [-0.3, -0.25) is 4.90 Å². The highest BCUT2D eigenvalue weighted by molar-refractivity contribution is 5.85. The molecule has 0 amide bonds. The van der Waals surface area contributed by atoms with E-state index in [1.807, 2.05) is 0 Å². The summed E-state index contributed by atoms with van der Waals surface area (Å²) in [7, 11) is 1.43. The minimum Gasteiger partial charge on any atom is -0.508 e. The number of benzene rings is 1. The second-order valence-corrected chi connectivity index (χ2v) is 5.03. The number of alkyl halides is 2. The van der Waals surface area contributed by atoms with E-state index >= 15 is 0 Å². The molecular weight excluding hydrogens is 318 g/mol. The molecule has 3 N–H and O–H groups in total. The molecule has 5 nitrogen and oxygen atoms in total. The van der Waals surface area contributed by atoms with Gasteiger partial charge in [-0.25, -0.2) is 8.78 Å². The Bertz CT molecular complexity index is 485. The Labute approximate surface area is 134 Å². The van der Waals surface area contributed by atoms with Crippen molar-refractivity contribution in [3.05, 3.63) is 23.8 Å². The number of aliphatic hydroxyl groups is 1. The molecule has 1 heterocycles. The Morgan fingerprint density at radius 3 is 2.55 bits per heavy atom. The van der Waals surface area contributed by atoms with Crippen molar-refractivity contribution in [1.29, 1.82) is 0 Å². The lowest BCUT2D eigenvalue weighted by atomic mass is 9.97. The van der Waals surface area contributed by atoms with Gasteiger partial charge in [-0.15, -0.1) is 12.4 Å². The van der Waals surface area contributed by atoms with Crippen molar-refractivity contribution in [1.82, 2.24) is 10.2 Å². The highest BCUT2D eigenvalue weighted by Gasteiger charge is 2.45. The molecule has 1 aliphatic rings. The molecule has 0 bridgehead atoms. The SMILES string of the molecule is COc1ccc(O)c([C@H](N2CCNCC2)C(F)(F)CO)c1.Cl. The van der Waals surface area contributed by atoms with Gasteiger partial charge in [0.05, 0.1) is 7.11 Å². The number of piperazine rings is 1. The number of phenolic OH excluding ortho intramolecular Hbond substituents is 1. The second-order valence-electron chi connectivity index (χ2n) is 5.03. The van der Waals surface area contributed by atoms with E-state index in [2.05, 4.69) is 5.32 Å². The fourth-order valence-corrected chi connectivity index (χ4v) is 2.60. The maximum Gasteiger partial charge on any atom is 0.290 e. The first-order valence-electron chi connectivity index (χ1n) is 6.80. The van der Waals surface area contributed by atoms with E-state index in [0.717, 1.165) is 0 Å². The molecule has 0 radical (unpaired) electrons. The highest BCUT2D eigenvalue weighted by Crippen LogP contribution is 2.41. The summed E-state index contributed by atoms with van der Waals surface area (Å²) in [5, 5.41) is 22.1. The van der Waals surface area contributed by atoms with Gasteiger partial charge in [0.2, 0.25) is 0 Å². The standard InChI is InChI=1S/C14H20F2N2O3.ClH/c1-21-10-2-3-12(20)11(8-10)13(14(15,16)9-19)18-6-4-17-5-7-18;/h2-3,8,13,17,19-20H,4-7,9H2,1H3;1H/t13-;/m0./s1. The molecule has 0 aliphatic carbocycles. The predicted molar refractivity (Wildman–Crippen MR) is 81.1 cm³/mol. The fourth-order valence-electron chi connectivity index (χ4n) is 2.60. The number of hydrogen-bond acceptors (Lipinski definition) is 5. The topological polar surface area (TPSA) is 65.0 Å². The van der Waals surface area contributed by atoms with Crippen LogP contribution in [0.1, 0.15) is 11.6 Å². The van der Waals surface area contributed by atoms with Crippen LogP contribution in [0, 0.1) is 0 Å². The minimum absolute atomic E-state index is 0. The first kappa shape index (κ1) is 18.9. The number of nitrogens with one attached hydrogen (secondary N) is 1. The number of aliphatic hydroxyl groups excluding tert-OH is 1. The Morgan fingerprint density at radius 1 is 1.36 bits per heavy atom. The predicted octanol–water partition coefficient (Wildman–Crippen LogP) is 1.40. The Balaban J connectivity index is 0.00000242. The van der Waals surface area contributed by atoms with Crippen LogP contribution in [-0.2, 0) is 0 Å². The number of phenols is 1. The lowest BCUT2D eigenvalue weighted by molar-refractivity contribution is -0.119. The number of halogens is 3. The molecular formula is C14H21ClF2N2O3. The lowest BCUT2D eigenvalue weighted by Gasteiger charge is -2.39. The van der Waals surface area contributed by atoms with E-state index in [9.17, 15) is 13.9 Å². The lowest BCUT2D eigenvalue weighted by Crippen LogP contribution is -2.51. The van der Waals surface area contributed by atoms with Crippen LogP contribution < -0.4 is 10.1 Å². The van der Waals surface area contributed by atoms with Crippen molar-refractivity contribution in [2.24, 2.45) is 0 Å². The van der Waals surface area contributed by atoms with Crippen molar-refractivity contribution in [2.75, 3.05) is 39.9 Å². The third kappa shape index (κ3) is 3.98. The van der Waals surface area contributed by atoms with Crippen LogP contribution >= 0.6 is 12.4 Å². The summed E-state index contributed by atoms with van der Waals surface area (Å²) >= 11 is 0. The quantitative estimate of drug-likeness (QED) is 0.757. The Hall–Kier alpha value is -1.15. The van der Waals surface area contributed by atoms with Gasteiger partial charge in [-0.1, -0.05) is 0 Å². The molecule has 1 aromatic carbocycles. The van der Waals surface area contributed by atoms with Crippen molar-refractivity contribution in [3.8, 4) is 11.5 Å². The van der Waals surface area contributed by atoms with Gasteiger partial charge in [-0.2, -0.15) is 0 Å². The van der Waals surface area contributed by atoms with Crippen molar-refractivity contribution >= 4 is 12.4 Å². The van der Waals surface area contributed by atoms with Crippen molar-refractivity contribution in [3.63, 3.8) is 0 Å². The van der Waals surface area contributed by atoms with Crippen LogP contribution in [0.4, 0.5) is 8.78 Å². The summed E-state index contributed by atoms with van der Waals surface area (Å²) in [4.78, 5) is 1.57. The van der Waals surface area contributed by atoms with Crippen LogP contribution in [0.5, 0.6) is 11.5 Å². The van der Waals surface area contributed by atoms with Crippen molar-refractivity contribution < 1.29 is 23.7 Å². The molecule has 1 aliphatic heterocycles. The van der Waals surface area contributed by atoms with E-state index in [4.69, 9.17) is 9.84 Å². The molecule has 0 saturated carbocycles.